The molecule has 1 N–H and O–H groups in total. The van der Waals surface area contributed by atoms with Gasteiger partial charge in [-0.1, -0.05) is 61.2 Å². The Balaban J connectivity index is 1.64. The van der Waals surface area contributed by atoms with Crippen LogP contribution in [0.2, 0.25) is 0 Å². The Morgan fingerprint density at radius 3 is 2.59 bits per heavy atom. The van der Waals surface area contributed by atoms with Crippen LogP contribution in [0.3, 0.4) is 0 Å². The van der Waals surface area contributed by atoms with E-state index >= 15 is 0 Å². The number of thioether (sulfide) groups is 1. The van der Waals surface area contributed by atoms with Gasteiger partial charge in [0.05, 0.1) is 16.7 Å². The second kappa shape index (κ2) is 8.86. The van der Waals surface area contributed by atoms with Crippen molar-refractivity contribution in [1.29, 1.82) is 0 Å². The van der Waals surface area contributed by atoms with Gasteiger partial charge in [0.1, 0.15) is 0 Å². The van der Waals surface area contributed by atoms with Crippen LogP contribution in [-0.4, -0.2) is 27.8 Å². The standard InChI is InChI=1S/C21H23N3O2S/c1-3-24-20(26)17-11-7-8-12-18(17)23-21(24)27-14-19(25)22-13-15(2)16-9-5-4-6-10-16/h4-12,15H,3,13-14H2,1-2H3,(H,22,25)/t15-/m0/s1. The van der Waals surface area contributed by atoms with Crippen LogP contribution >= 0.6 is 11.8 Å². The highest BCUT2D eigenvalue weighted by Crippen LogP contribution is 2.18. The maximum Gasteiger partial charge on any atom is 0.262 e. The summed E-state index contributed by atoms with van der Waals surface area (Å²) in [4.78, 5) is 29.4. The van der Waals surface area contributed by atoms with Crippen molar-refractivity contribution in [3.05, 3.63) is 70.5 Å². The molecule has 27 heavy (non-hydrogen) atoms. The monoisotopic (exact) mass is 381 g/mol. The molecule has 0 aliphatic rings. The number of para-hydroxylation sites is 1. The molecule has 3 rings (SSSR count). The lowest BCUT2D eigenvalue weighted by Gasteiger charge is -2.14. The summed E-state index contributed by atoms with van der Waals surface area (Å²) in [6.07, 6.45) is 0. The highest BCUT2D eigenvalue weighted by molar-refractivity contribution is 7.99. The minimum absolute atomic E-state index is 0.0622. The normalized spacial score (nSPS) is 12.1. The Kier molecular flexibility index (Phi) is 6.29. The summed E-state index contributed by atoms with van der Waals surface area (Å²) in [6, 6.07) is 17.4. The Morgan fingerprint density at radius 1 is 1.15 bits per heavy atom. The topological polar surface area (TPSA) is 64.0 Å². The zero-order valence-electron chi connectivity index (χ0n) is 15.5. The minimum atomic E-state index is -0.0660. The lowest BCUT2D eigenvalue weighted by molar-refractivity contribution is -0.118. The molecule has 1 heterocycles. The number of nitrogens with zero attached hydrogens (tertiary/aromatic N) is 2. The van der Waals surface area contributed by atoms with E-state index in [-0.39, 0.29) is 23.1 Å². The van der Waals surface area contributed by atoms with Gasteiger partial charge in [0.15, 0.2) is 5.16 Å². The van der Waals surface area contributed by atoms with Gasteiger partial charge >= 0.3 is 0 Å². The second-order valence-corrected chi connectivity index (χ2v) is 7.31. The number of aromatic nitrogens is 2. The fourth-order valence-electron chi connectivity index (χ4n) is 2.88. The average molecular weight is 382 g/mol. The summed E-state index contributed by atoms with van der Waals surface area (Å²) in [7, 11) is 0. The number of carbonyl (C=O) groups excluding carboxylic acids is 1. The maximum atomic E-state index is 12.6. The van der Waals surface area contributed by atoms with Crippen molar-refractivity contribution < 1.29 is 4.79 Å². The lowest BCUT2D eigenvalue weighted by Crippen LogP contribution is -2.29. The van der Waals surface area contributed by atoms with Crippen molar-refractivity contribution in [2.24, 2.45) is 0 Å². The van der Waals surface area contributed by atoms with Crippen LogP contribution in [0.25, 0.3) is 10.9 Å². The molecule has 0 spiro atoms. The van der Waals surface area contributed by atoms with Crippen molar-refractivity contribution in [2.75, 3.05) is 12.3 Å². The molecule has 0 aliphatic carbocycles. The smallest absolute Gasteiger partial charge is 0.262 e. The number of rotatable bonds is 7. The zero-order chi connectivity index (χ0) is 19.2. The lowest BCUT2D eigenvalue weighted by atomic mass is 10.0. The summed E-state index contributed by atoms with van der Waals surface area (Å²) < 4.78 is 1.62. The fourth-order valence-corrected chi connectivity index (χ4v) is 3.78. The van der Waals surface area contributed by atoms with Crippen LogP contribution in [-0.2, 0) is 11.3 Å². The van der Waals surface area contributed by atoms with Gasteiger partial charge in [0.2, 0.25) is 5.91 Å². The molecule has 2 aromatic carbocycles. The van der Waals surface area contributed by atoms with E-state index in [1.807, 2.05) is 43.3 Å². The molecular formula is C21H23N3O2S. The van der Waals surface area contributed by atoms with Gasteiger partial charge in [-0.25, -0.2) is 4.98 Å². The molecule has 0 saturated carbocycles. The van der Waals surface area contributed by atoms with Crippen molar-refractivity contribution in [2.45, 2.75) is 31.5 Å². The number of amides is 1. The number of hydrogen-bond donors (Lipinski definition) is 1. The van der Waals surface area contributed by atoms with E-state index in [9.17, 15) is 9.59 Å². The van der Waals surface area contributed by atoms with Crippen LogP contribution in [0.4, 0.5) is 0 Å². The number of benzene rings is 2. The quantitative estimate of drug-likeness (QED) is 0.503. The van der Waals surface area contributed by atoms with Crippen LogP contribution < -0.4 is 10.9 Å². The molecule has 0 saturated heterocycles. The predicted molar refractivity (Wildman–Crippen MR) is 110 cm³/mol. The van der Waals surface area contributed by atoms with E-state index in [0.717, 1.165) is 0 Å². The van der Waals surface area contributed by atoms with Crippen LogP contribution in [0.5, 0.6) is 0 Å². The first-order valence-corrected chi connectivity index (χ1v) is 10.0. The predicted octanol–water partition coefficient (Wildman–Crippen LogP) is 3.43. The van der Waals surface area contributed by atoms with Gasteiger partial charge < -0.3 is 5.32 Å². The number of nitrogens with one attached hydrogen (secondary N) is 1. The van der Waals surface area contributed by atoms with Crippen molar-refractivity contribution in [1.82, 2.24) is 14.9 Å². The second-order valence-electron chi connectivity index (χ2n) is 6.37. The summed E-state index contributed by atoms with van der Waals surface area (Å²) >= 11 is 1.30. The molecule has 0 radical (unpaired) electrons. The third-order valence-electron chi connectivity index (χ3n) is 4.45. The molecule has 140 valence electrons. The number of carbonyl (C=O) groups is 1. The summed E-state index contributed by atoms with van der Waals surface area (Å²) in [5.74, 6) is 0.410. The number of fused-ring (bicyclic) bond motifs is 1. The fraction of sp³-hybridized carbons (Fsp3) is 0.286. The van der Waals surface area contributed by atoms with E-state index in [1.54, 1.807) is 10.6 Å². The first kappa shape index (κ1) is 19.2. The van der Waals surface area contributed by atoms with Crippen molar-refractivity contribution >= 4 is 28.6 Å². The first-order valence-electron chi connectivity index (χ1n) is 9.04. The molecule has 0 fully saturated rings. The van der Waals surface area contributed by atoms with E-state index in [2.05, 4.69) is 29.4 Å². The van der Waals surface area contributed by atoms with Crippen molar-refractivity contribution in [3.8, 4) is 0 Å². The molecule has 3 aromatic rings. The van der Waals surface area contributed by atoms with Gasteiger partial charge in [0.25, 0.3) is 5.56 Å². The molecule has 1 aromatic heterocycles. The average Bonchev–Trinajstić information content (AvgIpc) is 2.71. The highest BCUT2D eigenvalue weighted by atomic mass is 32.2. The molecular weight excluding hydrogens is 358 g/mol. The number of hydrogen-bond acceptors (Lipinski definition) is 4. The molecule has 0 bridgehead atoms. The first-order chi connectivity index (χ1) is 13.1. The minimum Gasteiger partial charge on any atom is -0.355 e. The van der Waals surface area contributed by atoms with Crippen LogP contribution in [0.15, 0.2) is 64.5 Å². The van der Waals surface area contributed by atoms with Gasteiger partial charge in [-0.3, -0.25) is 14.2 Å². The molecule has 5 nitrogen and oxygen atoms in total. The Hall–Kier alpha value is -2.60. The van der Waals surface area contributed by atoms with E-state index in [0.29, 0.717) is 29.1 Å². The molecule has 0 aliphatic heterocycles. The third-order valence-corrected chi connectivity index (χ3v) is 5.43. The maximum absolute atomic E-state index is 12.6. The van der Waals surface area contributed by atoms with Crippen LogP contribution in [0, 0.1) is 0 Å². The molecule has 6 heteroatoms. The Morgan fingerprint density at radius 2 is 1.85 bits per heavy atom. The van der Waals surface area contributed by atoms with E-state index < -0.39 is 0 Å². The largest absolute Gasteiger partial charge is 0.355 e. The van der Waals surface area contributed by atoms with Gasteiger partial charge in [0, 0.05) is 13.1 Å². The molecule has 0 unspecified atom stereocenters. The summed E-state index contributed by atoms with van der Waals surface area (Å²) in [5, 5.41) is 4.14. The van der Waals surface area contributed by atoms with Crippen molar-refractivity contribution in [3.63, 3.8) is 0 Å². The third kappa shape index (κ3) is 4.57. The van der Waals surface area contributed by atoms with Crippen LogP contribution in [0.1, 0.15) is 25.3 Å². The Labute approximate surface area is 162 Å². The van der Waals surface area contributed by atoms with E-state index in [4.69, 9.17) is 0 Å². The molecule has 1 amide bonds. The SMILES string of the molecule is CCn1c(SCC(=O)NC[C@H](C)c2ccccc2)nc2ccccc2c1=O. The van der Waals surface area contributed by atoms with E-state index in [1.165, 1.54) is 17.3 Å². The highest BCUT2D eigenvalue weighted by Gasteiger charge is 2.13. The zero-order valence-corrected chi connectivity index (χ0v) is 16.3. The van der Waals surface area contributed by atoms with Gasteiger partial charge in [-0.05, 0) is 30.5 Å². The molecule has 1 atom stereocenters. The summed E-state index contributed by atoms with van der Waals surface area (Å²) in [5.41, 5.74) is 1.79. The van der Waals surface area contributed by atoms with Gasteiger partial charge in [-0.2, -0.15) is 0 Å². The summed E-state index contributed by atoms with van der Waals surface area (Å²) in [6.45, 7) is 5.09. The van der Waals surface area contributed by atoms with Gasteiger partial charge in [-0.15, -0.1) is 0 Å². The Bertz CT molecular complexity index is 986.